The molecule has 0 unspecified atom stereocenters. The zero-order valence-electron chi connectivity index (χ0n) is 12.5. The second kappa shape index (κ2) is 4.56. The van der Waals surface area contributed by atoms with Crippen LogP contribution >= 0.6 is 0 Å². The molecule has 0 atom stereocenters. The first-order valence-electron chi connectivity index (χ1n) is 6.60. The maximum absolute atomic E-state index is 13.4. The number of fused-ring (bicyclic) bond motifs is 1. The first kappa shape index (κ1) is 14.6. The Morgan fingerprint density at radius 3 is 2.32 bits per heavy atom. The van der Waals surface area contributed by atoms with Crippen LogP contribution in [0.1, 0.15) is 17.0 Å². The van der Waals surface area contributed by atoms with Gasteiger partial charge in [0.25, 0.3) is 0 Å². The van der Waals surface area contributed by atoms with Crippen molar-refractivity contribution in [2.75, 3.05) is 0 Å². The Bertz CT molecular complexity index is 873. The summed E-state index contributed by atoms with van der Waals surface area (Å²) >= 11 is 0. The largest absolute Gasteiger partial charge is 0.417 e. The first-order chi connectivity index (χ1) is 10.2. The van der Waals surface area contributed by atoms with Crippen molar-refractivity contribution >= 4 is 11.0 Å². The quantitative estimate of drug-likeness (QED) is 0.694. The fourth-order valence-corrected chi connectivity index (χ4v) is 2.56. The molecule has 0 amide bonds. The SMILES string of the molecule is Cc1nn(C)c2nc(-c3cnn(C)c3C)cc(C(F)(F)F)c12. The number of halogens is 3. The Morgan fingerprint density at radius 2 is 1.77 bits per heavy atom. The summed E-state index contributed by atoms with van der Waals surface area (Å²) in [5.41, 5.74) is 1.37. The van der Waals surface area contributed by atoms with Crippen molar-refractivity contribution in [2.24, 2.45) is 14.1 Å². The van der Waals surface area contributed by atoms with Gasteiger partial charge in [0, 0.05) is 25.4 Å². The highest BCUT2D eigenvalue weighted by atomic mass is 19.4. The van der Waals surface area contributed by atoms with Gasteiger partial charge in [-0.3, -0.25) is 9.36 Å². The van der Waals surface area contributed by atoms with Gasteiger partial charge in [-0.2, -0.15) is 23.4 Å². The third-order valence-electron chi connectivity index (χ3n) is 3.79. The number of nitrogens with zero attached hydrogens (tertiary/aromatic N) is 5. The van der Waals surface area contributed by atoms with Crippen LogP contribution in [0.5, 0.6) is 0 Å². The van der Waals surface area contributed by atoms with Crippen LogP contribution in [0.25, 0.3) is 22.3 Å². The molecule has 0 aromatic carbocycles. The van der Waals surface area contributed by atoms with E-state index in [4.69, 9.17) is 0 Å². The van der Waals surface area contributed by atoms with Crippen molar-refractivity contribution in [1.82, 2.24) is 24.5 Å². The summed E-state index contributed by atoms with van der Waals surface area (Å²) < 4.78 is 43.2. The van der Waals surface area contributed by atoms with E-state index in [1.807, 2.05) is 0 Å². The summed E-state index contributed by atoms with van der Waals surface area (Å²) in [4.78, 5) is 4.36. The number of alkyl halides is 3. The fourth-order valence-electron chi connectivity index (χ4n) is 2.56. The number of hydrogen-bond donors (Lipinski definition) is 0. The molecule has 0 aliphatic carbocycles. The second-order valence-corrected chi connectivity index (χ2v) is 5.23. The van der Waals surface area contributed by atoms with E-state index >= 15 is 0 Å². The summed E-state index contributed by atoms with van der Waals surface area (Å²) in [6.45, 7) is 3.34. The Kier molecular flexibility index (Phi) is 3.01. The van der Waals surface area contributed by atoms with Crippen molar-refractivity contribution in [3.8, 4) is 11.3 Å². The van der Waals surface area contributed by atoms with Gasteiger partial charge in [0.15, 0.2) is 5.65 Å². The van der Waals surface area contributed by atoms with Crippen molar-refractivity contribution < 1.29 is 13.2 Å². The molecular formula is C14H14F3N5. The normalized spacial score (nSPS) is 12.3. The molecule has 3 aromatic heterocycles. The molecule has 116 valence electrons. The molecule has 0 bridgehead atoms. The van der Waals surface area contributed by atoms with Gasteiger partial charge in [-0.25, -0.2) is 4.98 Å². The number of aromatic nitrogens is 5. The van der Waals surface area contributed by atoms with E-state index in [-0.39, 0.29) is 16.7 Å². The standard InChI is InChI=1S/C14H14F3N5/c1-7-12-10(14(15,16)17)5-11(19-13(12)22(4)20-7)9-6-18-21(3)8(9)2/h5-6H,1-4H3. The van der Waals surface area contributed by atoms with Gasteiger partial charge < -0.3 is 0 Å². The van der Waals surface area contributed by atoms with E-state index in [9.17, 15) is 13.2 Å². The smallest absolute Gasteiger partial charge is 0.272 e. The van der Waals surface area contributed by atoms with Crippen LogP contribution < -0.4 is 0 Å². The summed E-state index contributed by atoms with van der Waals surface area (Å²) in [7, 11) is 3.32. The lowest BCUT2D eigenvalue weighted by Crippen LogP contribution is -2.08. The molecule has 0 saturated heterocycles. The van der Waals surface area contributed by atoms with Gasteiger partial charge in [-0.1, -0.05) is 0 Å². The first-order valence-corrected chi connectivity index (χ1v) is 6.60. The highest BCUT2D eigenvalue weighted by Crippen LogP contribution is 2.38. The highest BCUT2D eigenvalue weighted by molar-refractivity contribution is 5.85. The maximum atomic E-state index is 13.4. The molecule has 0 aliphatic rings. The average molecular weight is 309 g/mol. The van der Waals surface area contributed by atoms with Crippen molar-refractivity contribution in [2.45, 2.75) is 20.0 Å². The van der Waals surface area contributed by atoms with E-state index < -0.39 is 11.7 Å². The molecule has 22 heavy (non-hydrogen) atoms. The lowest BCUT2D eigenvalue weighted by atomic mass is 10.1. The van der Waals surface area contributed by atoms with Crippen molar-refractivity contribution in [3.05, 3.63) is 29.2 Å². The van der Waals surface area contributed by atoms with E-state index in [0.29, 0.717) is 11.3 Å². The minimum absolute atomic E-state index is 0.0419. The molecule has 0 radical (unpaired) electrons. The van der Waals surface area contributed by atoms with Crippen molar-refractivity contribution in [1.29, 1.82) is 0 Å². The van der Waals surface area contributed by atoms with Gasteiger partial charge in [0.1, 0.15) is 0 Å². The molecule has 0 fully saturated rings. The number of rotatable bonds is 1. The van der Waals surface area contributed by atoms with Crippen LogP contribution in [0, 0.1) is 13.8 Å². The topological polar surface area (TPSA) is 48.5 Å². The molecule has 5 nitrogen and oxygen atoms in total. The maximum Gasteiger partial charge on any atom is 0.417 e. The number of pyridine rings is 1. The van der Waals surface area contributed by atoms with E-state index in [0.717, 1.165) is 11.8 Å². The van der Waals surface area contributed by atoms with Crippen molar-refractivity contribution in [3.63, 3.8) is 0 Å². The lowest BCUT2D eigenvalue weighted by molar-refractivity contribution is -0.136. The zero-order chi connectivity index (χ0) is 16.2. The monoisotopic (exact) mass is 309 g/mol. The third-order valence-corrected chi connectivity index (χ3v) is 3.79. The van der Waals surface area contributed by atoms with Gasteiger partial charge in [0.2, 0.25) is 0 Å². The minimum atomic E-state index is -4.47. The van der Waals surface area contributed by atoms with Gasteiger partial charge in [-0.05, 0) is 19.9 Å². The molecule has 3 aromatic rings. The third kappa shape index (κ3) is 2.06. The van der Waals surface area contributed by atoms with Crippen LogP contribution in [-0.4, -0.2) is 24.5 Å². The molecular weight excluding hydrogens is 295 g/mol. The van der Waals surface area contributed by atoms with Gasteiger partial charge in [0.05, 0.1) is 28.5 Å². The van der Waals surface area contributed by atoms with E-state index in [1.165, 1.54) is 10.9 Å². The zero-order valence-corrected chi connectivity index (χ0v) is 12.5. The second-order valence-electron chi connectivity index (χ2n) is 5.23. The summed E-state index contributed by atoms with van der Waals surface area (Å²) in [6, 6.07) is 1.07. The molecule has 3 heterocycles. The predicted molar refractivity (Wildman–Crippen MR) is 75.2 cm³/mol. The van der Waals surface area contributed by atoms with Gasteiger partial charge >= 0.3 is 6.18 Å². The molecule has 8 heteroatoms. The van der Waals surface area contributed by atoms with Crippen LogP contribution in [0.4, 0.5) is 13.2 Å². The molecule has 0 aliphatic heterocycles. The van der Waals surface area contributed by atoms with Crippen LogP contribution in [0.3, 0.4) is 0 Å². The van der Waals surface area contributed by atoms with Crippen LogP contribution in [0.15, 0.2) is 12.3 Å². The summed E-state index contributed by atoms with van der Waals surface area (Å²) in [6.07, 6.45) is -2.95. The summed E-state index contributed by atoms with van der Waals surface area (Å²) in [5, 5.41) is 8.17. The molecule has 0 N–H and O–H groups in total. The Balaban J connectivity index is 2.39. The Labute approximate surface area is 124 Å². The molecule has 0 spiro atoms. The molecule has 0 saturated carbocycles. The highest BCUT2D eigenvalue weighted by Gasteiger charge is 2.35. The number of hydrogen-bond acceptors (Lipinski definition) is 3. The fraction of sp³-hybridized carbons (Fsp3) is 0.357. The Hall–Kier alpha value is -2.38. The lowest BCUT2D eigenvalue weighted by Gasteiger charge is -2.11. The van der Waals surface area contributed by atoms with E-state index in [1.54, 1.807) is 32.6 Å². The minimum Gasteiger partial charge on any atom is -0.272 e. The van der Waals surface area contributed by atoms with Crippen LogP contribution in [-0.2, 0) is 20.3 Å². The Morgan fingerprint density at radius 1 is 1.09 bits per heavy atom. The van der Waals surface area contributed by atoms with Crippen LogP contribution in [0.2, 0.25) is 0 Å². The average Bonchev–Trinajstić information content (AvgIpc) is 2.90. The molecule has 3 rings (SSSR count). The van der Waals surface area contributed by atoms with Gasteiger partial charge in [-0.15, -0.1) is 0 Å². The summed E-state index contributed by atoms with van der Waals surface area (Å²) in [5.74, 6) is 0. The van der Waals surface area contributed by atoms with E-state index in [2.05, 4.69) is 15.2 Å². The number of aryl methyl sites for hydroxylation is 3. The predicted octanol–water partition coefficient (Wildman–Crippen LogP) is 3.00.